The van der Waals surface area contributed by atoms with Gasteiger partial charge in [-0.25, -0.2) is 0 Å². The zero-order valence-electron chi connectivity index (χ0n) is 11.8. The average molecular weight is 304 g/mol. The molecule has 2 rings (SSSR count). The molecule has 1 aromatic rings. The standard InChI is InChI=1S/C15H22ClNO.ClH/c1-10(2)18-12-4-5-14(15(16)8-12)13-6-7-17-9-11(13)3;/h4-5,8,10-11,13,17H,6-7,9H2,1-3H3;1H/t11-,13+;/m1./s1. The first-order valence-electron chi connectivity index (χ1n) is 6.74. The highest BCUT2D eigenvalue weighted by Crippen LogP contribution is 2.36. The molecule has 1 aliphatic heterocycles. The SMILES string of the molecule is CC(C)Oc1ccc([C@H]2CCNC[C@H]2C)c(Cl)c1.Cl. The van der Waals surface area contributed by atoms with Gasteiger partial charge in [0.15, 0.2) is 0 Å². The molecule has 19 heavy (non-hydrogen) atoms. The third kappa shape index (κ3) is 4.27. The monoisotopic (exact) mass is 303 g/mol. The average Bonchev–Trinajstić information content (AvgIpc) is 2.30. The van der Waals surface area contributed by atoms with Crippen molar-refractivity contribution >= 4 is 24.0 Å². The zero-order chi connectivity index (χ0) is 13.1. The second kappa shape index (κ2) is 7.37. The summed E-state index contributed by atoms with van der Waals surface area (Å²) < 4.78 is 5.67. The van der Waals surface area contributed by atoms with E-state index in [-0.39, 0.29) is 18.5 Å². The molecule has 1 aromatic carbocycles. The molecule has 1 saturated heterocycles. The van der Waals surface area contributed by atoms with Gasteiger partial charge in [-0.3, -0.25) is 0 Å². The molecule has 0 radical (unpaired) electrons. The fraction of sp³-hybridized carbons (Fsp3) is 0.600. The van der Waals surface area contributed by atoms with Crippen LogP contribution in [0.3, 0.4) is 0 Å². The van der Waals surface area contributed by atoms with E-state index in [0.717, 1.165) is 30.3 Å². The Hall–Kier alpha value is -0.440. The second-order valence-electron chi connectivity index (χ2n) is 5.43. The fourth-order valence-electron chi connectivity index (χ4n) is 2.63. The molecule has 4 heteroatoms. The summed E-state index contributed by atoms with van der Waals surface area (Å²) in [6, 6.07) is 6.12. The number of halogens is 2. The van der Waals surface area contributed by atoms with Crippen molar-refractivity contribution in [3.8, 4) is 5.75 Å². The van der Waals surface area contributed by atoms with Gasteiger partial charge in [-0.05, 0) is 62.9 Å². The highest BCUT2D eigenvalue weighted by molar-refractivity contribution is 6.31. The molecule has 1 fully saturated rings. The van der Waals surface area contributed by atoms with Gasteiger partial charge in [-0.15, -0.1) is 12.4 Å². The summed E-state index contributed by atoms with van der Waals surface area (Å²) in [5.74, 6) is 2.06. The van der Waals surface area contributed by atoms with Crippen LogP contribution in [0.2, 0.25) is 5.02 Å². The Balaban J connectivity index is 0.00000180. The highest BCUT2D eigenvalue weighted by atomic mass is 35.5. The van der Waals surface area contributed by atoms with Crippen LogP contribution in [0.1, 0.15) is 38.7 Å². The molecule has 0 aliphatic carbocycles. The summed E-state index contributed by atoms with van der Waals surface area (Å²) >= 11 is 6.41. The molecule has 1 heterocycles. The lowest BCUT2D eigenvalue weighted by Gasteiger charge is -2.30. The van der Waals surface area contributed by atoms with Gasteiger partial charge in [0.1, 0.15) is 5.75 Å². The van der Waals surface area contributed by atoms with Crippen LogP contribution in [0.5, 0.6) is 5.75 Å². The summed E-state index contributed by atoms with van der Waals surface area (Å²) in [4.78, 5) is 0. The first-order chi connectivity index (χ1) is 8.58. The van der Waals surface area contributed by atoms with Crippen molar-refractivity contribution in [2.24, 2.45) is 5.92 Å². The Morgan fingerprint density at radius 1 is 1.37 bits per heavy atom. The highest BCUT2D eigenvalue weighted by Gasteiger charge is 2.24. The maximum Gasteiger partial charge on any atom is 0.121 e. The molecule has 108 valence electrons. The van der Waals surface area contributed by atoms with Crippen molar-refractivity contribution < 1.29 is 4.74 Å². The predicted octanol–water partition coefficient (Wildman–Crippen LogP) is 4.26. The van der Waals surface area contributed by atoms with E-state index in [1.54, 1.807) is 0 Å². The summed E-state index contributed by atoms with van der Waals surface area (Å²) in [5.41, 5.74) is 1.27. The van der Waals surface area contributed by atoms with Gasteiger partial charge in [0.25, 0.3) is 0 Å². The minimum absolute atomic E-state index is 0. The largest absolute Gasteiger partial charge is 0.491 e. The minimum atomic E-state index is 0. The molecule has 0 amide bonds. The van der Waals surface area contributed by atoms with Gasteiger partial charge in [0, 0.05) is 5.02 Å². The normalized spacial score (nSPS) is 23.0. The lowest BCUT2D eigenvalue weighted by atomic mass is 9.82. The van der Waals surface area contributed by atoms with Crippen molar-refractivity contribution in [1.82, 2.24) is 5.32 Å². The van der Waals surface area contributed by atoms with Gasteiger partial charge in [0.05, 0.1) is 6.10 Å². The van der Waals surface area contributed by atoms with E-state index in [2.05, 4.69) is 18.3 Å². The number of piperidine rings is 1. The summed E-state index contributed by atoms with van der Waals surface area (Å²) in [6.45, 7) is 8.49. The zero-order valence-corrected chi connectivity index (χ0v) is 13.4. The van der Waals surface area contributed by atoms with Crippen molar-refractivity contribution in [2.75, 3.05) is 13.1 Å². The maximum absolute atomic E-state index is 6.41. The summed E-state index contributed by atoms with van der Waals surface area (Å²) in [5, 5.41) is 4.26. The summed E-state index contributed by atoms with van der Waals surface area (Å²) in [7, 11) is 0. The van der Waals surface area contributed by atoms with Crippen LogP contribution in [0.25, 0.3) is 0 Å². The van der Waals surface area contributed by atoms with E-state index in [1.165, 1.54) is 5.56 Å². The number of benzene rings is 1. The van der Waals surface area contributed by atoms with E-state index >= 15 is 0 Å². The number of hydrogen-bond donors (Lipinski definition) is 1. The summed E-state index contributed by atoms with van der Waals surface area (Å²) in [6.07, 6.45) is 1.34. The Kier molecular flexibility index (Phi) is 6.45. The lowest BCUT2D eigenvalue weighted by Crippen LogP contribution is -2.33. The molecule has 0 spiro atoms. The fourth-order valence-corrected chi connectivity index (χ4v) is 2.94. The van der Waals surface area contributed by atoms with Gasteiger partial charge in [0.2, 0.25) is 0 Å². The Morgan fingerprint density at radius 2 is 2.11 bits per heavy atom. The molecular formula is C15H23Cl2NO. The molecule has 2 atom stereocenters. The number of hydrogen-bond acceptors (Lipinski definition) is 2. The third-order valence-electron chi connectivity index (χ3n) is 3.53. The Bertz CT molecular complexity index is 409. The molecular weight excluding hydrogens is 281 g/mol. The second-order valence-corrected chi connectivity index (χ2v) is 5.83. The van der Waals surface area contributed by atoms with E-state index in [4.69, 9.17) is 16.3 Å². The van der Waals surface area contributed by atoms with Crippen molar-refractivity contribution in [3.05, 3.63) is 28.8 Å². The predicted molar refractivity (Wildman–Crippen MR) is 83.9 cm³/mol. The molecule has 1 aliphatic rings. The van der Waals surface area contributed by atoms with E-state index in [1.807, 2.05) is 26.0 Å². The molecule has 0 saturated carbocycles. The molecule has 0 bridgehead atoms. The molecule has 2 nitrogen and oxygen atoms in total. The first-order valence-corrected chi connectivity index (χ1v) is 7.12. The van der Waals surface area contributed by atoms with Gasteiger partial charge < -0.3 is 10.1 Å². The minimum Gasteiger partial charge on any atom is -0.491 e. The first kappa shape index (κ1) is 16.6. The molecule has 1 N–H and O–H groups in total. The van der Waals surface area contributed by atoms with Gasteiger partial charge in [-0.1, -0.05) is 24.6 Å². The van der Waals surface area contributed by atoms with Crippen molar-refractivity contribution in [3.63, 3.8) is 0 Å². The van der Waals surface area contributed by atoms with E-state index in [9.17, 15) is 0 Å². The van der Waals surface area contributed by atoms with Crippen LogP contribution in [0.15, 0.2) is 18.2 Å². The number of rotatable bonds is 3. The van der Waals surface area contributed by atoms with Crippen LogP contribution >= 0.6 is 24.0 Å². The van der Waals surface area contributed by atoms with Crippen molar-refractivity contribution in [1.29, 1.82) is 0 Å². The van der Waals surface area contributed by atoms with Crippen LogP contribution in [0.4, 0.5) is 0 Å². The molecule has 0 aromatic heterocycles. The topological polar surface area (TPSA) is 21.3 Å². The van der Waals surface area contributed by atoms with Gasteiger partial charge >= 0.3 is 0 Å². The number of nitrogens with one attached hydrogen (secondary N) is 1. The number of ether oxygens (including phenoxy) is 1. The Labute approximate surface area is 127 Å². The lowest BCUT2D eigenvalue weighted by molar-refractivity contribution is 0.242. The Morgan fingerprint density at radius 3 is 2.68 bits per heavy atom. The molecule has 0 unspecified atom stereocenters. The maximum atomic E-state index is 6.41. The smallest absolute Gasteiger partial charge is 0.121 e. The van der Waals surface area contributed by atoms with Crippen LogP contribution < -0.4 is 10.1 Å². The van der Waals surface area contributed by atoms with Crippen LogP contribution in [0, 0.1) is 5.92 Å². The van der Waals surface area contributed by atoms with Crippen LogP contribution in [-0.2, 0) is 0 Å². The van der Waals surface area contributed by atoms with Gasteiger partial charge in [-0.2, -0.15) is 0 Å². The van der Waals surface area contributed by atoms with E-state index in [0.29, 0.717) is 11.8 Å². The van der Waals surface area contributed by atoms with Crippen molar-refractivity contribution in [2.45, 2.75) is 39.2 Å². The van der Waals surface area contributed by atoms with Crippen LogP contribution in [-0.4, -0.2) is 19.2 Å². The quantitative estimate of drug-likeness (QED) is 0.901. The third-order valence-corrected chi connectivity index (χ3v) is 3.86. The van der Waals surface area contributed by atoms with E-state index < -0.39 is 0 Å².